The van der Waals surface area contributed by atoms with Crippen molar-refractivity contribution in [1.82, 2.24) is 15.5 Å². The minimum Gasteiger partial charge on any atom is -0.349 e. The predicted molar refractivity (Wildman–Crippen MR) is 108 cm³/mol. The van der Waals surface area contributed by atoms with Gasteiger partial charge in [-0.05, 0) is 66.6 Å². The van der Waals surface area contributed by atoms with Crippen LogP contribution in [-0.2, 0) is 24.1 Å². The molecule has 2 atom stereocenters. The van der Waals surface area contributed by atoms with Gasteiger partial charge in [0.15, 0.2) is 0 Å². The molecule has 2 N–H and O–H groups in total. The monoisotopic (exact) mass is 409 g/mol. The SMILES string of the molecule is O=C(NC(Cc1ccc(F)cc1)c1ccc(F)cc1)C1CCc2n[nH]c(=O)cc2C1. The molecule has 154 valence electrons. The molecule has 5 nitrogen and oxygen atoms in total. The van der Waals surface area contributed by atoms with Crippen LogP contribution in [0.2, 0.25) is 0 Å². The molecule has 0 radical (unpaired) electrons. The van der Waals surface area contributed by atoms with Crippen molar-refractivity contribution in [1.29, 1.82) is 0 Å². The number of fused-ring (bicyclic) bond motifs is 1. The number of carbonyl (C=O) groups is 1. The number of benzene rings is 2. The Morgan fingerprint density at radius 3 is 2.47 bits per heavy atom. The summed E-state index contributed by atoms with van der Waals surface area (Å²) in [6, 6.07) is 13.2. The van der Waals surface area contributed by atoms with Crippen molar-refractivity contribution in [3.63, 3.8) is 0 Å². The first kappa shape index (κ1) is 19.9. The Bertz CT molecular complexity index is 1090. The highest BCUT2D eigenvalue weighted by molar-refractivity contribution is 5.79. The Hall–Kier alpha value is -3.35. The van der Waals surface area contributed by atoms with Crippen LogP contribution in [0.25, 0.3) is 0 Å². The van der Waals surface area contributed by atoms with Gasteiger partial charge in [-0.1, -0.05) is 24.3 Å². The average Bonchev–Trinajstić information content (AvgIpc) is 2.74. The lowest BCUT2D eigenvalue weighted by Gasteiger charge is -2.26. The van der Waals surface area contributed by atoms with Crippen LogP contribution in [0.3, 0.4) is 0 Å². The van der Waals surface area contributed by atoms with Crippen LogP contribution in [0.5, 0.6) is 0 Å². The Labute approximate surface area is 172 Å². The lowest BCUT2D eigenvalue weighted by molar-refractivity contribution is -0.126. The maximum Gasteiger partial charge on any atom is 0.264 e. The molecular formula is C23H21F2N3O2. The highest BCUT2D eigenvalue weighted by atomic mass is 19.1. The second-order valence-electron chi connectivity index (χ2n) is 7.59. The Morgan fingerprint density at radius 2 is 1.77 bits per heavy atom. The third-order valence-electron chi connectivity index (χ3n) is 5.49. The first-order valence-corrected chi connectivity index (χ1v) is 9.85. The third kappa shape index (κ3) is 4.62. The highest BCUT2D eigenvalue weighted by Crippen LogP contribution is 2.25. The number of H-pyrrole nitrogens is 1. The summed E-state index contributed by atoms with van der Waals surface area (Å²) in [4.78, 5) is 24.6. The van der Waals surface area contributed by atoms with Crippen LogP contribution in [0.4, 0.5) is 8.78 Å². The normalized spacial score (nSPS) is 16.5. The topological polar surface area (TPSA) is 74.8 Å². The van der Waals surface area contributed by atoms with E-state index in [1.165, 1.54) is 30.3 Å². The highest BCUT2D eigenvalue weighted by Gasteiger charge is 2.28. The van der Waals surface area contributed by atoms with Crippen molar-refractivity contribution >= 4 is 5.91 Å². The molecule has 7 heteroatoms. The third-order valence-corrected chi connectivity index (χ3v) is 5.49. The van der Waals surface area contributed by atoms with Crippen molar-refractivity contribution in [3.8, 4) is 0 Å². The maximum atomic E-state index is 13.4. The molecule has 3 aromatic rings. The average molecular weight is 409 g/mol. The molecule has 0 spiro atoms. The molecule has 1 aliphatic carbocycles. The fraction of sp³-hybridized carbons (Fsp3) is 0.261. The summed E-state index contributed by atoms with van der Waals surface area (Å²) in [6.45, 7) is 0. The van der Waals surface area contributed by atoms with Crippen molar-refractivity contribution < 1.29 is 13.6 Å². The lowest BCUT2D eigenvalue weighted by atomic mass is 9.86. The fourth-order valence-corrected chi connectivity index (χ4v) is 3.86. The Morgan fingerprint density at radius 1 is 1.10 bits per heavy atom. The summed E-state index contributed by atoms with van der Waals surface area (Å²) in [5, 5.41) is 9.56. The van der Waals surface area contributed by atoms with Crippen LogP contribution < -0.4 is 10.9 Å². The summed E-state index contributed by atoms with van der Waals surface area (Å²) in [7, 11) is 0. The minimum atomic E-state index is -0.387. The molecule has 1 amide bonds. The van der Waals surface area contributed by atoms with E-state index in [1.807, 2.05) is 0 Å². The number of nitrogens with one attached hydrogen (secondary N) is 2. The number of hydrogen-bond donors (Lipinski definition) is 2. The van der Waals surface area contributed by atoms with E-state index in [2.05, 4.69) is 15.5 Å². The number of aromatic amines is 1. The van der Waals surface area contributed by atoms with Crippen LogP contribution in [0, 0.1) is 17.6 Å². The maximum absolute atomic E-state index is 13.4. The zero-order valence-corrected chi connectivity index (χ0v) is 16.2. The van der Waals surface area contributed by atoms with Gasteiger partial charge in [-0.3, -0.25) is 9.59 Å². The molecular weight excluding hydrogens is 388 g/mol. The number of aromatic nitrogens is 2. The van der Waals surface area contributed by atoms with Crippen molar-refractivity contribution in [3.05, 3.63) is 99.0 Å². The molecule has 0 saturated carbocycles. The van der Waals surface area contributed by atoms with E-state index in [0.29, 0.717) is 25.7 Å². The molecule has 1 aromatic heterocycles. The van der Waals surface area contributed by atoms with Gasteiger partial charge in [-0.25, -0.2) is 13.9 Å². The van der Waals surface area contributed by atoms with Gasteiger partial charge >= 0.3 is 0 Å². The van der Waals surface area contributed by atoms with Gasteiger partial charge in [0.05, 0.1) is 11.7 Å². The van der Waals surface area contributed by atoms with Gasteiger partial charge < -0.3 is 5.32 Å². The van der Waals surface area contributed by atoms with Crippen LogP contribution >= 0.6 is 0 Å². The van der Waals surface area contributed by atoms with Crippen LogP contribution in [0.15, 0.2) is 59.4 Å². The molecule has 0 bridgehead atoms. The quantitative estimate of drug-likeness (QED) is 0.679. The van der Waals surface area contributed by atoms with E-state index in [1.54, 1.807) is 24.3 Å². The number of rotatable bonds is 5. The first-order valence-electron chi connectivity index (χ1n) is 9.85. The molecule has 30 heavy (non-hydrogen) atoms. The van der Waals surface area contributed by atoms with E-state index in [-0.39, 0.29) is 35.1 Å². The Balaban J connectivity index is 1.53. The van der Waals surface area contributed by atoms with Gasteiger partial charge in [0.1, 0.15) is 11.6 Å². The molecule has 1 heterocycles. The summed E-state index contributed by atoms with van der Waals surface area (Å²) in [5.74, 6) is -1.09. The summed E-state index contributed by atoms with van der Waals surface area (Å²) in [5.41, 5.74) is 2.96. The van der Waals surface area contributed by atoms with Crippen molar-refractivity contribution in [2.45, 2.75) is 31.7 Å². The zero-order chi connectivity index (χ0) is 21.1. The number of aryl methyl sites for hydroxylation is 1. The Kier molecular flexibility index (Phi) is 5.70. The van der Waals surface area contributed by atoms with E-state index < -0.39 is 0 Å². The van der Waals surface area contributed by atoms with Gasteiger partial charge in [-0.2, -0.15) is 5.10 Å². The summed E-state index contributed by atoms with van der Waals surface area (Å²) in [6.07, 6.45) is 2.14. The van der Waals surface area contributed by atoms with Crippen LogP contribution in [0.1, 0.15) is 34.8 Å². The largest absolute Gasteiger partial charge is 0.349 e. The molecule has 0 aliphatic heterocycles. The van der Waals surface area contributed by atoms with Gasteiger partial charge in [0.25, 0.3) is 5.56 Å². The number of hydrogen-bond acceptors (Lipinski definition) is 3. The van der Waals surface area contributed by atoms with Crippen molar-refractivity contribution in [2.24, 2.45) is 5.92 Å². The van der Waals surface area contributed by atoms with E-state index >= 15 is 0 Å². The van der Waals surface area contributed by atoms with E-state index in [9.17, 15) is 18.4 Å². The van der Waals surface area contributed by atoms with E-state index in [0.717, 1.165) is 22.4 Å². The number of amides is 1. The molecule has 1 aliphatic rings. The van der Waals surface area contributed by atoms with Crippen LogP contribution in [-0.4, -0.2) is 16.1 Å². The molecule has 4 rings (SSSR count). The second-order valence-corrected chi connectivity index (χ2v) is 7.59. The van der Waals surface area contributed by atoms with E-state index in [4.69, 9.17) is 0 Å². The van der Waals surface area contributed by atoms with Crippen molar-refractivity contribution in [2.75, 3.05) is 0 Å². The smallest absolute Gasteiger partial charge is 0.264 e. The minimum absolute atomic E-state index is 0.127. The summed E-state index contributed by atoms with van der Waals surface area (Å²) < 4.78 is 26.6. The number of nitrogens with zero attached hydrogens (tertiary/aromatic N) is 1. The molecule has 2 aromatic carbocycles. The first-order chi connectivity index (χ1) is 14.5. The fourth-order valence-electron chi connectivity index (χ4n) is 3.86. The number of halogens is 2. The predicted octanol–water partition coefficient (Wildman–Crippen LogP) is 3.25. The summed E-state index contributed by atoms with van der Waals surface area (Å²) >= 11 is 0. The van der Waals surface area contributed by atoms with Gasteiger partial charge in [0.2, 0.25) is 5.91 Å². The second kappa shape index (κ2) is 8.57. The zero-order valence-electron chi connectivity index (χ0n) is 16.2. The van der Waals surface area contributed by atoms with Gasteiger partial charge in [0, 0.05) is 12.0 Å². The number of carbonyl (C=O) groups excluding carboxylic acids is 1. The van der Waals surface area contributed by atoms with Gasteiger partial charge in [-0.15, -0.1) is 0 Å². The lowest BCUT2D eigenvalue weighted by Crippen LogP contribution is -2.38. The standard InChI is InChI=1S/C23H21F2N3O2/c24-18-6-1-14(2-7-18)11-21(15-3-8-19(25)9-4-15)26-23(30)16-5-10-20-17(12-16)13-22(29)28-27-20/h1-4,6-9,13,16,21H,5,10-12H2,(H,26,30)(H,28,29). The molecule has 2 unspecified atom stereocenters. The molecule has 0 fully saturated rings. The molecule has 0 saturated heterocycles.